The van der Waals surface area contributed by atoms with Gasteiger partial charge in [-0.2, -0.15) is 5.10 Å². The molecule has 0 bridgehead atoms. The SMILES string of the molecule is COC(=O)c1ccc(Cn2ccc(-c3cc4ccccc4o3)n2)cc1. The van der Waals surface area contributed by atoms with Crippen LogP contribution in [0.4, 0.5) is 0 Å². The smallest absolute Gasteiger partial charge is 0.337 e. The van der Waals surface area contributed by atoms with E-state index in [-0.39, 0.29) is 5.97 Å². The third kappa shape index (κ3) is 3.04. The molecule has 0 radical (unpaired) electrons. The van der Waals surface area contributed by atoms with E-state index in [2.05, 4.69) is 5.10 Å². The van der Waals surface area contributed by atoms with Gasteiger partial charge in [0.1, 0.15) is 11.3 Å². The van der Waals surface area contributed by atoms with Crippen molar-refractivity contribution in [2.45, 2.75) is 6.54 Å². The van der Waals surface area contributed by atoms with Crippen LogP contribution < -0.4 is 0 Å². The number of ether oxygens (including phenoxy) is 1. The number of furan rings is 1. The van der Waals surface area contributed by atoms with Crippen molar-refractivity contribution >= 4 is 16.9 Å². The molecule has 2 heterocycles. The van der Waals surface area contributed by atoms with E-state index in [1.54, 1.807) is 12.1 Å². The maximum atomic E-state index is 11.5. The van der Waals surface area contributed by atoms with Gasteiger partial charge < -0.3 is 9.15 Å². The predicted molar refractivity (Wildman–Crippen MR) is 94.3 cm³/mol. The molecule has 0 N–H and O–H groups in total. The quantitative estimate of drug-likeness (QED) is 0.527. The summed E-state index contributed by atoms with van der Waals surface area (Å²) in [6.07, 6.45) is 1.91. The van der Waals surface area contributed by atoms with Crippen molar-refractivity contribution in [3.8, 4) is 11.5 Å². The summed E-state index contributed by atoms with van der Waals surface area (Å²) in [5, 5.41) is 5.64. The Labute approximate surface area is 144 Å². The molecule has 0 spiro atoms. The van der Waals surface area contributed by atoms with Gasteiger partial charge >= 0.3 is 5.97 Å². The molecule has 5 heteroatoms. The lowest BCUT2D eigenvalue weighted by Crippen LogP contribution is -2.03. The van der Waals surface area contributed by atoms with Gasteiger partial charge in [-0.25, -0.2) is 4.79 Å². The van der Waals surface area contributed by atoms with Crippen molar-refractivity contribution in [3.05, 3.63) is 78.0 Å². The Balaban J connectivity index is 1.54. The molecule has 0 fully saturated rings. The third-order valence-electron chi connectivity index (χ3n) is 4.04. The van der Waals surface area contributed by atoms with Crippen LogP contribution in [0.1, 0.15) is 15.9 Å². The number of aromatic nitrogens is 2. The van der Waals surface area contributed by atoms with Crippen molar-refractivity contribution in [1.82, 2.24) is 9.78 Å². The van der Waals surface area contributed by atoms with E-state index in [9.17, 15) is 4.79 Å². The molecule has 0 aliphatic rings. The van der Waals surface area contributed by atoms with Crippen LogP contribution in [0.2, 0.25) is 0 Å². The number of hydrogen-bond acceptors (Lipinski definition) is 4. The summed E-state index contributed by atoms with van der Waals surface area (Å²) >= 11 is 0. The van der Waals surface area contributed by atoms with Crippen molar-refractivity contribution < 1.29 is 13.9 Å². The van der Waals surface area contributed by atoms with E-state index in [1.807, 2.05) is 59.4 Å². The zero-order chi connectivity index (χ0) is 17.2. The Morgan fingerprint density at radius 3 is 2.68 bits per heavy atom. The monoisotopic (exact) mass is 332 g/mol. The lowest BCUT2D eigenvalue weighted by Gasteiger charge is -2.03. The van der Waals surface area contributed by atoms with Gasteiger partial charge in [0.2, 0.25) is 0 Å². The summed E-state index contributed by atoms with van der Waals surface area (Å²) in [7, 11) is 1.37. The molecule has 0 atom stereocenters. The molecule has 0 aliphatic carbocycles. The van der Waals surface area contributed by atoms with Gasteiger partial charge in [0.15, 0.2) is 5.76 Å². The summed E-state index contributed by atoms with van der Waals surface area (Å²) in [5.74, 6) is 0.416. The molecule has 124 valence electrons. The highest BCUT2D eigenvalue weighted by Gasteiger charge is 2.09. The molecule has 0 saturated heterocycles. The van der Waals surface area contributed by atoms with Crippen molar-refractivity contribution in [1.29, 1.82) is 0 Å². The van der Waals surface area contributed by atoms with Gasteiger partial charge in [-0.3, -0.25) is 4.68 Å². The average molecular weight is 332 g/mol. The van der Waals surface area contributed by atoms with Crippen molar-refractivity contribution in [2.24, 2.45) is 0 Å². The summed E-state index contributed by atoms with van der Waals surface area (Å²) in [5.41, 5.74) is 3.23. The van der Waals surface area contributed by atoms with Crippen LogP contribution in [0.5, 0.6) is 0 Å². The lowest BCUT2D eigenvalue weighted by atomic mass is 10.1. The maximum absolute atomic E-state index is 11.5. The molecule has 0 amide bonds. The van der Waals surface area contributed by atoms with Gasteiger partial charge in [-0.15, -0.1) is 0 Å². The highest BCUT2D eigenvalue weighted by atomic mass is 16.5. The number of methoxy groups -OCH3 is 1. The van der Waals surface area contributed by atoms with Gasteiger partial charge in [0.05, 0.1) is 19.2 Å². The van der Waals surface area contributed by atoms with Gasteiger partial charge in [0.25, 0.3) is 0 Å². The van der Waals surface area contributed by atoms with Gasteiger partial charge in [-0.05, 0) is 35.9 Å². The number of nitrogens with zero attached hydrogens (tertiary/aromatic N) is 2. The summed E-state index contributed by atoms with van der Waals surface area (Å²) < 4.78 is 12.4. The van der Waals surface area contributed by atoms with Crippen LogP contribution in [0.15, 0.2) is 71.3 Å². The number of esters is 1. The molecule has 2 aromatic heterocycles. The zero-order valence-corrected chi connectivity index (χ0v) is 13.7. The average Bonchev–Trinajstić information content (AvgIpc) is 3.28. The second-order valence-corrected chi connectivity index (χ2v) is 5.74. The Morgan fingerprint density at radius 1 is 1.12 bits per heavy atom. The van der Waals surface area contributed by atoms with E-state index in [4.69, 9.17) is 9.15 Å². The second kappa shape index (κ2) is 6.28. The topological polar surface area (TPSA) is 57.3 Å². The number of hydrogen-bond donors (Lipinski definition) is 0. The molecular formula is C20H16N2O3. The van der Waals surface area contributed by atoms with Gasteiger partial charge in [-0.1, -0.05) is 30.3 Å². The van der Waals surface area contributed by atoms with Crippen LogP contribution in [0.25, 0.3) is 22.4 Å². The molecule has 5 nitrogen and oxygen atoms in total. The van der Waals surface area contributed by atoms with E-state index < -0.39 is 0 Å². The van der Waals surface area contributed by atoms with Crippen LogP contribution in [-0.4, -0.2) is 22.9 Å². The Bertz CT molecular complexity index is 995. The first-order valence-electron chi connectivity index (χ1n) is 7.92. The molecule has 4 aromatic rings. The molecule has 4 rings (SSSR count). The number of benzene rings is 2. The van der Waals surface area contributed by atoms with Crippen LogP contribution in [0, 0.1) is 0 Å². The molecule has 2 aromatic carbocycles. The summed E-state index contributed by atoms with van der Waals surface area (Å²) in [6, 6.07) is 19.1. The highest BCUT2D eigenvalue weighted by molar-refractivity contribution is 5.89. The number of carbonyl (C=O) groups is 1. The Hall–Kier alpha value is -3.34. The number of rotatable bonds is 4. The largest absolute Gasteiger partial charge is 0.465 e. The lowest BCUT2D eigenvalue weighted by molar-refractivity contribution is 0.0600. The predicted octanol–water partition coefficient (Wildman–Crippen LogP) is 4.13. The number of fused-ring (bicyclic) bond motifs is 1. The highest BCUT2D eigenvalue weighted by Crippen LogP contribution is 2.26. The minimum atomic E-state index is -0.335. The molecular weight excluding hydrogens is 316 g/mol. The maximum Gasteiger partial charge on any atom is 0.337 e. The first kappa shape index (κ1) is 15.2. The Kier molecular flexibility index (Phi) is 3.82. The standard InChI is InChI=1S/C20H16N2O3/c1-24-20(23)15-8-6-14(7-9-15)13-22-11-10-17(21-22)19-12-16-4-2-3-5-18(16)25-19/h2-12H,13H2,1H3. The summed E-state index contributed by atoms with van der Waals surface area (Å²) in [4.78, 5) is 11.5. The first-order chi connectivity index (χ1) is 12.2. The molecule has 0 aliphatic heterocycles. The van der Waals surface area contributed by atoms with E-state index >= 15 is 0 Å². The summed E-state index contributed by atoms with van der Waals surface area (Å²) in [6.45, 7) is 0.613. The van der Waals surface area contributed by atoms with Crippen molar-refractivity contribution in [3.63, 3.8) is 0 Å². The van der Waals surface area contributed by atoms with E-state index in [0.29, 0.717) is 12.1 Å². The normalized spacial score (nSPS) is 10.9. The van der Waals surface area contributed by atoms with Gasteiger partial charge in [0, 0.05) is 11.6 Å². The fraction of sp³-hybridized carbons (Fsp3) is 0.100. The third-order valence-corrected chi connectivity index (χ3v) is 4.04. The van der Waals surface area contributed by atoms with Crippen LogP contribution in [0.3, 0.4) is 0 Å². The van der Waals surface area contributed by atoms with E-state index in [1.165, 1.54) is 7.11 Å². The minimum absolute atomic E-state index is 0.335. The fourth-order valence-corrected chi connectivity index (χ4v) is 2.74. The fourth-order valence-electron chi connectivity index (χ4n) is 2.74. The zero-order valence-electron chi connectivity index (χ0n) is 13.7. The minimum Gasteiger partial charge on any atom is -0.465 e. The first-order valence-corrected chi connectivity index (χ1v) is 7.92. The Morgan fingerprint density at radius 2 is 1.92 bits per heavy atom. The van der Waals surface area contributed by atoms with Crippen LogP contribution in [-0.2, 0) is 11.3 Å². The molecule has 25 heavy (non-hydrogen) atoms. The number of para-hydroxylation sites is 1. The number of carbonyl (C=O) groups excluding carboxylic acids is 1. The van der Waals surface area contributed by atoms with E-state index in [0.717, 1.165) is 28.0 Å². The molecule has 0 unspecified atom stereocenters. The van der Waals surface area contributed by atoms with Crippen molar-refractivity contribution in [2.75, 3.05) is 7.11 Å². The van der Waals surface area contributed by atoms with Crippen LogP contribution >= 0.6 is 0 Å². The second-order valence-electron chi connectivity index (χ2n) is 5.74. The molecule has 0 saturated carbocycles.